The van der Waals surface area contributed by atoms with Crippen molar-refractivity contribution in [1.82, 2.24) is 9.97 Å². The van der Waals surface area contributed by atoms with Crippen LogP contribution in [-0.2, 0) is 6.42 Å². The van der Waals surface area contributed by atoms with Crippen molar-refractivity contribution in [2.24, 2.45) is 0 Å². The summed E-state index contributed by atoms with van der Waals surface area (Å²) in [6.45, 7) is 1.96. The average Bonchev–Trinajstić information content (AvgIpc) is 2.40. The van der Waals surface area contributed by atoms with Crippen LogP contribution in [-0.4, -0.2) is 22.4 Å². The van der Waals surface area contributed by atoms with E-state index in [2.05, 4.69) is 9.97 Å². The molecule has 2 heterocycles. The van der Waals surface area contributed by atoms with Crippen molar-refractivity contribution in [1.29, 1.82) is 0 Å². The molecule has 0 atom stereocenters. The third kappa shape index (κ3) is 3.13. The van der Waals surface area contributed by atoms with Crippen LogP contribution in [0.25, 0.3) is 0 Å². The number of hydrogen-bond acceptors (Lipinski definition) is 4. The minimum Gasteiger partial charge on any atom is -0.477 e. The van der Waals surface area contributed by atoms with Crippen molar-refractivity contribution in [2.45, 2.75) is 13.3 Å². The second kappa shape index (κ2) is 5.91. The molecule has 2 aromatic rings. The van der Waals surface area contributed by atoms with Crippen LogP contribution in [0, 0.1) is 0 Å². The molecule has 0 saturated heterocycles. The van der Waals surface area contributed by atoms with E-state index in [1.165, 1.54) is 6.92 Å². The van der Waals surface area contributed by atoms with Gasteiger partial charge in [-0.2, -0.15) is 0 Å². The molecule has 4 heteroatoms. The number of aromatic nitrogens is 2. The van der Waals surface area contributed by atoms with Crippen LogP contribution < -0.4 is 4.74 Å². The summed E-state index contributed by atoms with van der Waals surface area (Å²) in [4.78, 5) is 19.6. The second-order valence-corrected chi connectivity index (χ2v) is 3.83. The molecule has 0 saturated carbocycles. The quantitative estimate of drug-likeness (QED) is 0.755. The molecule has 0 amide bonds. The fraction of sp³-hybridized carbons (Fsp3) is 0.214. The Balaban J connectivity index is 1.97. The predicted molar refractivity (Wildman–Crippen MR) is 67.7 cm³/mol. The molecule has 92 valence electrons. The standard InChI is InChI=1S/C14H14N2O2/c1-11(17)13-6-4-9-16-14(13)18-10-7-12-5-2-3-8-15-12/h2-6,8-9H,7,10H2,1H3. The lowest BCUT2D eigenvalue weighted by Crippen LogP contribution is -2.07. The maximum atomic E-state index is 11.4. The number of nitrogens with zero attached hydrogens (tertiary/aromatic N) is 2. The van der Waals surface area contributed by atoms with Gasteiger partial charge in [-0.25, -0.2) is 4.98 Å². The van der Waals surface area contributed by atoms with Gasteiger partial charge in [0, 0.05) is 24.5 Å². The molecule has 4 nitrogen and oxygen atoms in total. The van der Waals surface area contributed by atoms with Crippen molar-refractivity contribution in [3.63, 3.8) is 0 Å². The first-order chi connectivity index (χ1) is 8.77. The summed E-state index contributed by atoms with van der Waals surface area (Å²) in [6, 6.07) is 9.18. The first-order valence-electron chi connectivity index (χ1n) is 5.76. The number of hydrogen-bond donors (Lipinski definition) is 0. The number of Topliss-reactive ketones (excluding diaryl/α,β-unsaturated/α-hetero) is 1. The Kier molecular flexibility index (Phi) is 4.02. The van der Waals surface area contributed by atoms with Crippen molar-refractivity contribution >= 4 is 5.78 Å². The average molecular weight is 242 g/mol. The number of carbonyl (C=O) groups excluding carboxylic acids is 1. The molecule has 0 aliphatic carbocycles. The van der Waals surface area contributed by atoms with Gasteiger partial charge in [0.1, 0.15) is 0 Å². The van der Waals surface area contributed by atoms with Gasteiger partial charge in [-0.15, -0.1) is 0 Å². The molecule has 18 heavy (non-hydrogen) atoms. The van der Waals surface area contributed by atoms with Crippen LogP contribution in [0.5, 0.6) is 5.88 Å². The molecule has 2 rings (SSSR count). The Morgan fingerprint density at radius 1 is 1.17 bits per heavy atom. The number of rotatable bonds is 5. The van der Waals surface area contributed by atoms with Crippen molar-refractivity contribution in [3.8, 4) is 5.88 Å². The van der Waals surface area contributed by atoms with Crippen LogP contribution in [0.2, 0.25) is 0 Å². The summed E-state index contributed by atoms with van der Waals surface area (Å²) in [5, 5.41) is 0. The van der Waals surface area contributed by atoms with Gasteiger partial charge in [0.2, 0.25) is 5.88 Å². The maximum absolute atomic E-state index is 11.4. The van der Waals surface area contributed by atoms with Crippen LogP contribution in [0.4, 0.5) is 0 Å². The lowest BCUT2D eigenvalue weighted by Gasteiger charge is -2.07. The highest BCUT2D eigenvalue weighted by Gasteiger charge is 2.08. The van der Waals surface area contributed by atoms with Gasteiger partial charge in [0.15, 0.2) is 5.78 Å². The fourth-order valence-electron chi connectivity index (χ4n) is 1.57. The number of ketones is 1. The van der Waals surface area contributed by atoms with E-state index in [0.29, 0.717) is 24.5 Å². The van der Waals surface area contributed by atoms with E-state index in [1.807, 2.05) is 18.2 Å². The first kappa shape index (κ1) is 12.2. The SMILES string of the molecule is CC(=O)c1cccnc1OCCc1ccccn1. The molecule has 0 bridgehead atoms. The number of ether oxygens (including phenoxy) is 1. The monoisotopic (exact) mass is 242 g/mol. The summed E-state index contributed by atoms with van der Waals surface area (Å²) in [7, 11) is 0. The van der Waals surface area contributed by atoms with Gasteiger partial charge in [-0.1, -0.05) is 6.07 Å². The van der Waals surface area contributed by atoms with Gasteiger partial charge < -0.3 is 4.74 Å². The smallest absolute Gasteiger partial charge is 0.224 e. The minimum atomic E-state index is -0.0454. The van der Waals surface area contributed by atoms with Gasteiger partial charge in [0.05, 0.1) is 12.2 Å². The van der Waals surface area contributed by atoms with Gasteiger partial charge in [-0.3, -0.25) is 9.78 Å². The Morgan fingerprint density at radius 3 is 2.72 bits per heavy atom. The molecule has 0 radical (unpaired) electrons. The van der Waals surface area contributed by atoms with Crippen molar-refractivity contribution < 1.29 is 9.53 Å². The maximum Gasteiger partial charge on any atom is 0.224 e. The Labute approximate surface area is 106 Å². The topological polar surface area (TPSA) is 52.1 Å². The zero-order chi connectivity index (χ0) is 12.8. The van der Waals surface area contributed by atoms with Crippen molar-refractivity contribution in [2.75, 3.05) is 6.61 Å². The van der Waals surface area contributed by atoms with E-state index < -0.39 is 0 Å². The van der Waals surface area contributed by atoms with Gasteiger partial charge in [-0.05, 0) is 31.2 Å². The highest BCUT2D eigenvalue weighted by Crippen LogP contribution is 2.14. The van der Waals surface area contributed by atoms with E-state index in [-0.39, 0.29) is 5.78 Å². The molecule has 0 aliphatic heterocycles. The summed E-state index contributed by atoms with van der Waals surface area (Å²) in [5.41, 5.74) is 1.47. The van der Waals surface area contributed by atoms with E-state index >= 15 is 0 Å². The summed E-state index contributed by atoms with van der Waals surface area (Å²) in [5.74, 6) is 0.344. The van der Waals surface area contributed by atoms with E-state index in [1.54, 1.807) is 24.5 Å². The number of pyridine rings is 2. The first-order valence-corrected chi connectivity index (χ1v) is 5.76. The van der Waals surface area contributed by atoms with Gasteiger partial charge >= 0.3 is 0 Å². The molecule has 0 unspecified atom stereocenters. The van der Waals surface area contributed by atoms with Crippen LogP contribution in [0.3, 0.4) is 0 Å². The third-order valence-corrected chi connectivity index (χ3v) is 2.47. The Morgan fingerprint density at radius 2 is 2.00 bits per heavy atom. The lowest BCUT2D eigenvalue weighted by atomic mass is 10.2. The highest BCUT2D eigenvalue weighted by atomic mass is 16.5. The van der Waals surface area contributed by atoms with Crippen LogP contribution >= 0.6 is 0 Å². The molecule has 0 aliphatic rings. The second-order valence-electron chi connectivity index (χ2n) is 3.83. The lowest BCUT2D eigenvalue weighted by molar-refractivity contribution is 0.101. The minimum absolute atomic E-state index is 0.0454. The molecule has 2 aromatic heterocycles. The molecule has 0 aromatic carbocycles. The zero-order valence-electron chi connectivity index (χ0n) is 10.2. The van der Waals surface area contributed by atoms with Crippen LogP contribution in [0.15, 0.2) is 42.7 Å². The normalized spacial score (nSPS) is 10.1. The van der Waals surface area contributed by atoms with Crippen molar-refractivity contribution in [3.05, 3.63) is 54.0 Å². The molecule has 0 fully saturated rings. The van der Waals surface area contributed by atoms with E-state index in [4.69, 9.17) is 4.74 Å². The summed E-state index contributed by atoms with van der Waals surface area (Å²) >= 11 is 0. The molecular formula is C14H14N2O2. The van der Waals surface area contributed by atoms with Gasteiger partial charge in [0.25, 0.3) is 0 Å². The molecule has 0 N–H and O–H groups in total. The summed E-state index contributed by atoms with van der Waals surface area (Å²) < 4.78 is 5.53. The predicted octanol–water partition coefficient (Wildman–Crippen LogP) is 2.30. The largest absolute Gasteiger partial charge is 0.477 e. The summed E-state index contributed by atoms with van der Waals surface area (Å²) in [6.07, 6.45) is 4.05. The zero-order valence-corrected chi connectivity index (χ0v) is 10.2. The third-order valence-electron chi connectivity index (χ3n) is 2.47. The number of carbonyl (C=O) groups is 1. The van der Waals surface area contributed by atoms with Crippen LogP contribution in [0.1, 0.15) is 23.0 Å². The molecule has 0 spiro atoms. The Bertz CT molecular complexity index is 526. The highest BCUT2D eigenvalue weighted by molar-refractivity contribution is 5.96. The molecular weight excluding hydrogens is 228 g/mol. The fourth-order valence-corrected chi connectivity index (χ4v) is 1.57. The van der Waals surface area contributed by atoms with E-state index in [9.17, 15) is 4.79 Å². The Hall–Kier alpha value is -2.23. The van der Waals surface area contributed by atoms with E-state index in [0.717, 1.165) is 5.69 Å².